The van der Waals surface area contributed by atoms with Gasteiger partial charge in [0.15, 0.2) is 0 Å². The molecule has 1 radical (unpaired) electrons. The zero-order valence-electron chi connectivity index (χ0n) is 25.8. The molecular weight excluding hydrogens is 432 g/mol. The van der Waals surface area contributed by atoms with Crippen LogP contribution in [0, 0.1) is 12.3 Å². The van der Waals surface area contributed by atoms with Crippen molar-refractivity contribution in [3.63, 3.8) is 0 Å². The van der Waals surface area contributed by atoms with Gasteiger partial charge in [0, 0.05) is 0 Å². The van der Waals surface area contributed by atoms with Crippen LogP contribution in [0.4, 0.5) is 0 Å². The topological polar surface area (TPSA) is 0 Å². The van der Waals surface area contributed by atoms with E-state index in [2.05, 4.69) is 39.3 Å². The number of rotatable bonds is 31. The van der Waals surface area contributed by atoms with Crippen LogP contribution in [0.25, 0.3) is 0 Å². The van der Waals surface area contributed by atoms with Crippen LogP contribution in [0.5, 0.6) is 0 Å². The normalized spacial score (nSPS) is 11.9. The van der Waals surface area contributed by atoms with Gasteiger partial charge in [0.25, 0.3) is 0 Å². The molecule has 0 nitrogen and oxygen atoms in total. The molecule has 215 valence electrons. The van der Waals surface area contributed by atoms with E-state index < -0.39 is 0 Å². The Bertz CT molecular complexity index is 393. The highest BCUT2D eigenvalue weighted by Gasteiger charge is 1.97. The molecule has 0 atom stereocenters. The maximum absolute atomic E-state index is 2.58. The summed E-state index contributed by atoms with van der Waals surface area (Å²) < 4.78 is 0. The molecule has 0 amide bonds. The second-order valence-electron chi connectivity index (χ2n) is 12.2. The Labute approximate surface area is 231 Å². The average molecular weight is 504 g/mol. The lowest BCUT2D eigenvalue weighted by molar-refractivity contribution is 0.502. The lowest BCUT2D eigenvalue weighted by Gasteiger charge is -2.05. The Morgan fingerprint density at radius 3 is 1.03 bits per heavy atom. The first-order chi connectivity index (χ1) is 17.8. The van der Waals surface area contributed by atoms with E-state index in [0.29, 0.717) is 0 Å². The van der Waals surface area contributed by atoms with E-state index in [-0.39, 0.29) is 0 Å². The van der Waals surface area contributed by atoms with Gasteiger partial charge in [-0.15, -0.1) is 0 Å². The predicted molar refractivity (Wildman–Crippen MR) is 168 cm³/mol. The SMILES string of the molecule is CCCCCCCC/C=C\CCCCCCC[CH]CCCCCCCCCCCCCCCC(C)C. The quantitative estimate of drug-likeness (QED) is 0.0651. The lowest BCUT2D eigenvalue weighted by Crippen LogP contribution is -1.87. The van der Waals surface area contributed by atoms with Crippen molar-refractivity contribution in [3.05, 3.63) is 18.6 Å². The third-order valence-electron chi connectivity index (χ3n) is 7.86. The van der Waals surface area contributed by atoms with E-state index in [1.165, 1.54) is 186 Å². The number of unbranched alkanes of at least 4 members (excludes halogenated alkanes) is 27. The summed E-state index contributed by atoms with van der Waals surface area (Å²) in [4.78, 5) is 0. The van der Waals surface area contributed by atoms with E-state index in [9.17, 15) is 0 Å². The second-order valence-corrected chi connectivity index (χ2v) is 12.2. The molecule has 0 aliphatic carbocycles. The summed E-state index contributed by atoms with van der Waals surface area (Å²) in [6, 6.07) is 0. The standard InChI is InChI=1S/C36H71/c1-4-5-6-7-8-9-10-11-12-13-14-15-16-17-18-19-20-21-22-23-24-25-26-27-28-29-30-31-32-33-34-35-36(2)3/h11-12,20,36H,4-10,13-19,21-35H2,1-3H3/b12-11-. The molecule has 0 aliphatic rings. The minimum absolute atomic E-state index is 0.894. The molecule has 0 N–H and O–H groups in total. The summed E-state index contributed by atoms with van der Waals surface area (Å²) >= 11 is 0. The molecule has 0 fully saturated rings. The fourth-order valence-electron chi connectivity index (χ4n) is 5.29. The fourth-order valence-corrected chi connectivity index (χ4v) is 5.29. The van der Waals surface area contributed by atoms with E-state index in [0.717, 1.165) is 5.92 Å². The highest BCUT2D eigenvalue weighted by molar-refractivity contribution is 4.81. The fraction of sp³-hybridized carbons (Fsp3) is 0.917. The second kappa shape index (κ2) is 32.8. The Morgan fingerprint density at radius 1 is 0.361 bits per heavy atom. The first kappa shape index (κ1) is 35.7. The summed E-state index contributed by atoms with van der Waals surface area (Å²) in [6.07, 6.45) is 49.0. The van der Waals surface area contributed by atoms with Gasteiger partial charge in [0.1, 0.15) is 0 Å². The first-order valence-corrected chi connectivity index (χ1v) is 17.2. The van der Waals surface area contributed by atoms with Crippen LogP contribution >= 0.6 is 0 Å². The van der Waals surface area contributed by atoms with Crippen molar-refractivity contribution >= 4 is 0 Å². The third-order valence-corrected chi connectivity index (χ3v) is 7.86. The van der Waals surface area contributed by atoms with Gasteiger partial charge in [-0.3, -0.25) is 0 Å². The van der Waals surface area contributed by atoms with Gasteiger partial charge in [0.05, 0.1) is 0 Å². The Hall–Kier alpha value is -0.260. The molecule has 0 aliphatic heterocycles. The van der Waals surface area contributed by atoms with Gasteiger partial charge < -0.3 is 0 Å². The predicted octanol–water partition coefficient (Wildman–Crippen LogP) is 13.7. The van der Waals surface area contributed by atoms with Crippen molar-refractivity contribution in [2.24, 2.45) is 5.92 Å². The molecule has 36 heavy (non-hydrogen) atoms. The van der Waals surface area contributed by atoms with Crippen molar-refractivity contribution < 1.29 is 0 Å². The van der Waals surface area contributed by atoms with Gasteiger partial charge in [0.2, 0.25) is 0 Å². The Balaban J connectivity index is 3.06. The van der Waals surface area contributed by atoms with Gasteiger partial charge in [-0.25, -0.2) is 0 Å². The number of hydrogen-bond acceptors (Lipinski definition) is 0. The lowest BCUT2D eigenvalue weighted by atomic mass is 10.0. The van der Waals surface area contributed by atoms with Crippen LogP contribution in [-0.4, -0.2) is 0 Å². The van der Waals surface area contributed by atoms with Crippen LogP contribution in [0.3, 0.4) is 0 Å². The summed E-state index contributed by atoms with van der Waals surface area (Å²) in [7, 11) is 0. The zero-order valence-corrected chi connectivity index (χ0v) is 25.8. The molecule has 0 aromatic heterocycles. The van der Waals surface area contributed by atoms with Crippen molar-refractivity contribution in [1.82, 2.24) is 0 Å². The molecular formula is C36H71. The first-order valence-electron chi connectivity index (χ1n) is 17.2. The van der Waals surface area contributed by atoms with E-state index >= 15 is 0 Å². The zero-order chi connectivity index (χ0) is 26.2. The maximum atomic E-state index is 2.58. The van der Waals surface area contributed by atoms with E-state index in [4.69, 9.17) is 0 Å². The highest BCUT2D eigenvalue weighted by atomic mass is 14.0. The highest BCUT2D eigenvalue weighted by Crippen LogP contribution is 2.16. The van der Waals surface area contributed by atoms with Gasteiger partial charge in [-0.2, -0.15) is 0 Å². The number of hydrogen-bond donors (Lipinski definition) is 0. The average Bonchev–Trinajstić information content (AvgIpc) is 2.87. The molecule has 0 unspecified atom stereocenters. The van der Waals surface area contributed by atoms with Crippen LogP contribution < -0.4 is 0 Å². The van der Waals surface area contributed by atoms with Gasteiger partial charge in [-0.1, -0.05) is 193 Å². The molecule has 0 rings (SSSR count). The smallest absolute Gasteiger partial charge is 0.0351 e. The minimum Gasteiger partial charge on any atom is -0.0885 e. The molecule has 0 aromatic rings. The van der Waals surface area contributed by atoms with Crippen molar-refractivity contribution in [3.8, 4) is 0 Å². The molecule has 0 bridgehead atoms. The molecule has 0 saturated heterocycles. The van der Waals surface area contributed by atoms with Crippen LogP contribution in [-0.2, 0) is 0 Å². The summed E-state index contributed by atoms with van der Waals surface area (Å²) in [5.74, 6) is 0.894. The van der Waals surface area contributed by atoms with E-state index in [1.54, 1.807) is 0 Å². The van der Waals surface area contributed by atoms with Crippen molar-refractivity contribution in [1.29, 1.82) is 0 Å². The summed E-state index contributed by atoms with van der Waals surface area (Å²) in [5.41, 5.74) is 0. The van der Waals surface area contributed by atoms with Crippen molar-refractivity contribution in [2.75, 3.05) is 0 Å². The summed E-state index contributed by atoms with van der Waals surface area (Å²) in [5, 5.41) is 0. The minimum atomic E-state index is 0.894. The largest absolute Gasteiger partial charge is 0.0885 e. The maximum Gasteiger partial charge on any atom is -0.0351 e. The van der Waals surface area contributed by atoms with Crippen molar-refractivity contribution in [2.45, 2.75) is 207 Å². The van der Waals surface area contributed by atoms with Gasteiger partial charge >= 0.3 is 0 Å². The Kier molecular flexibility index (Phi) is 32.5. The van der Waals surface area contributed by atoms with Crippen LogP contribution in [0.2, 0.25) is 0 Å². The summed E-state index contributed by atoms with van der Waals surface area (Å²) in [6.45, 7) is 6.99. The third kappa shape index (κ3) is 33.7. The monoisotopic (exact) mass is 504 g/mol. The Morgan fingerprint density at radius 2 is 0.667 bits per heavy atom. The molecule has 0 spiro atoms. The van der Waals surface area contributed by atoms with E-state index in [1.807, 2.05) is 0 Å². The van der Waals surface area contributed by atoms with Crippen LogP contribution in [0.1, 0.15) is 207 Å². The molecule has 0 heteroatoms. The molecule has 0 saturated carbocycles. The van der Waals surface area contributed by atoms with Crippen LogP contribution in [0.15, 0.2) is 12.2 Å². The number of allylic oxidation sites excluding steroid dienone is 2. The molecule has 0 aromatic carbocycles. The molecule has 0 heterocycles. The van der Waals surface area contributed by atoms with Gasteiger partial charge in [-0.05, 0) is 38.0 Å².